The van der Waals surface area contributed by atoms with Gasteiger partial charge in [0.15, 0.2) is 0 Å². The molecule has 0 aromatic rings. The maximum atomic E-state index is 6.58. The van der Waals surface area contributed by atoms with E-state index in [0.717, 1.165) is 6.42 Å². The lowest BCUT2D eigenvalue weighted by Gasteiger charge is -2.33. The van der Waals surface area contributed by atoms with Crippen LogP contribution in [0.1, 0.15) is 68.2 Å². The van der Waals surface area contributed by atoms with Gasteiger partial charge in [-0.3, -0.25) is 0 Å². The largest absolute Gasteiger partial charge is 0.327 e. The summed E-state index contributed by atoms with van der Waals surface area (Å²) < 4.78 is 0. The molecule has 0 rings (SSSR count). The van der Waals surface area contributed by atoms with E-state index < -0.39 is 0 Å². The van der Waals surface area contributed by atoms with Gasteiger partial charge in [-0.1, -0.05) is 64.3 Å². The molecule has 0 heterocycles. The first-order valence-electron chi connectivity index (χ1n) is 8.36. The van der Waals surface area contributed by atoms with Crippen molar-refractivity contribution in [1.29, 1.82) is 0 Å². The first-order valence-corrected chi connectivity index (χ1v) is 8.36. The van der Waals surface area contributed by atoms with Gasteiger partial charge in [-0.15, -0.1) is 0 Å². The fourth-order valence-corrected chi connectivity index (χ4v) is 2.94. The molecular weight excluding hydrogens is 242 g/mol. The second-order valence-electron chi connectivity index (χ2n) is 6.57. The molecule has 0 spiro atoms. The van der Waals surface area contributed by atoms with Crippen molar-refractivity contribution >= 4 is 0 Å². The van der Waals surface area contributed by atoms with Gasteiger partial charge in [-0.2, -0.15) is 0 Å². The van der Waals surface area contributed by atoms with Gasteiger partial charge >= 0.3 is 0 Å². The zero-order valence-corrected chi connectivity index (χ0v) is 15.0. The van der Waals surface area contributed by atoms with Gasteiger partial charge < -0.3 is 5.73 Å². The van der Waals surface area contributed by atoms with Crippen molar-refractivity contribution in [3.63, 3.8) is 0 Å². The fourth-order valence-electron chi connectivity index (χ4n) is 2.94. The third-order valence-electron chi connectivity index (χ3n) is 5.25. The average molecular weight is 280 g/mol. The maximum absolute atomic E-state index is 6.58. The number of rotatable bonds is 8. The highest BCUT2D eigenvalue weighted by Gasteiger charge is 2.27. The smallest absolute Gasteiger partial charge is 0.0136 e. The van der Waals surface area contributed by atoms with Crippen LogP contribution in [0.25, 0.3) is 0 Å². The SMILES string of the molecule is CC=C(C)C(CC)C(N)C(C)C(C)C(C)=CC(C)CC. The van der Waals surface area contributed by atoms with E-state index in [-0.39, 0.29) is 6.04 Å². The van der Waals surface area contributed by atoms with E-state index in [4.69, 9.17) is 5.73 Å². The van der Waals surface area contributed by atoms with Gasteiger partial charge in [0.1, 0.15) is 0 Å². The lowest BCUT2D eigenvalue weighted by molar-refractivity contribution is 0.293. The summed E-state index contributed by atoms with van der Waals surface area (Å²) in [7, 11) is 0. The molecule has 0 amide bonds. The van der Waals surface area contributed by atoms with Crippen LogP contribution in [0.4, 0.5) is 0 Å². The third kappa shape index (κ3) is 5.44. The Hall–Kier alpha value is -0.560. The van der Waals surface area contributed by atoms with Crippen LogP contribution in [0.3, 0.4) is 0 Å². The van der Waals surface area contributed by atoms with Crippen molar-refractivity contribution in [2.45, 2.75) is 74.3 Å². The molecule has 5 unspecified atom stereocenters. The molecule has 0 radical (unpaired) electrons. The molecule has 20 heavy (non-hydrogen) atoms. The van der Waals surface area contributed by atoms with E-state index in [9.17, 15) is 0 Å². The van der Waals surface area contributed by atoms with Gasteiger partial charge in [-0.05, 0) is 50.9 Å². The molecule has 0 aromatic carbocycles. The van der Waals surface area contributed by atoms with E-state index in [1.54, 1.807) is 0 Å². The molecule has 0 fully saturated rings. The monoisotopic (exact) mass is 279 g/mol. The van der Waals surface area contributed by atoms with Crippen molar-refractivity contribution in [2.75, 3.05) is 0 Å². The van der Waals surface area contributed by atoms with Crippen molar-refractivity contribution in [2.24, 2.45) is 29.4 Å². The predicted octanol–water partition coefficient (Wildman–Crippen LogP) is 5.57. The van der Waals surface area contributed by atoms with E-state index in [1.165, 1.54) is 17.6 Å². The lowest BCUT2D eigenvalue weighted by atomic mass is 9.76. The van der Waals surface area contributed by atoms with E-state index in [2.05, 4.69) is 67.5 Å². The van der Waals surface area contributed by atoms with E-state index in [1.807, 2.05) is 0 Å². The van der Waals surface area contributed by atoms with Crippen LogP contribution in [0.15, 0.2) is 23.3 Å². The van der Waals surface area contributed by atoms with Crippen LogP contribution in [0, 0.1) is 23.7 Å². The second-order valence-corrected chi connectivity index (χ2v) is 6.57. The highest BCUT2D eigenvalue weighted by molar-refractivity contribution is 5.10. The first-order chi connectivity index (χ1) is 9.29. The standard InChI is InChI=1S/C19H37N/c1-9-13(4)12-15(6)16(7)17(8)19(20)18(11-3)14(5)10-2/h10,12-13,16-19H,9,11,20H2,1-8H3. The molecule has 0 aliphatic heterocycles. The molecule has 118 valence electrons. The van der Waals surface area contributed by atoms with Crippen LogP contribution in [0.5, 0.6) is 0 Å². The Bertz CT molecular complexity index is 327. The van der Waals surface area contributed by atoms with Crippen LogP contribution >= 0.6 is 0 Å². The summed E-state index contributed by atoms with van der Waals surface area (Å²) in [5.74, 6) is 2.24. The average Bonchev–Trinajstić information content (AvgIpc) is 2.45. The number of nitrogens with two attached hydrogens (primary N) is 1. The minimum absolute atomic E-state index is 0.242. The summed E-state index contributed by atoms with van der Waals surface area (Å²) in [5.41, 5.74) is 9.51. The van der Waals surface area contributed by atoms with E-state index in [0.29, 0.717) is 23.7 Å². The summed E-state index contributed by atoms with van der Waals surface area (Å²) in [4.78, 5) is 0. The molecular formula is C19H37N. The Labute approximate surface area is 127 Å². The Kier molecular flexibility index (Phi) is 9.13. The van der Waals surface area contributed by atoms with Gasteiger partial charge in [0.2, 0.25) is 0 Å². The van der Waals surface area contributed by atoms with E-state index >= 15 is 0 Å². The summed E-state index contributed by atoms with van der Waals surface area (Å²) in [5, 5.41) is 0. The minimum Gasteiger partial charge on any atom is -0.327 e. The van der Waals surface area contributed by atoms with Gasteiger partial charge in [-0.25, -0.2) is 0 Å². The predicted molar refractivity (Wildman–Crippen MR) is 92.7 cm³/mol. The van der Waals surface area contributed by atoms with Crippen LogP contribution in [0.2, 0.25) is 0 Å². The zero-order valence-electron chi connectivity index (χ0n) is 15.0. The van der Waals surface area contributed by atoms with Crippen LogP contribution in [-0.4, -0.2) is 6.04 Å². The molecule has 0 saturated carbocycles. The van der Waals surface area contributed by atoms with Crippen molar-refractivity contribution in [3.8, 4) is 0 Å². The summed E-state index contributed by atoms with van der Waals surface area (Å²) in [6.07, 6.45) is 6.98. The molecule has 0 aromatic heterocycles. The first kappa shape index (κ1) is 19.4. The topological polar surface area (TPSA) is 26.0 Å². The highest BCUT2D eigenvalue weighted by Crippen LogP contribution is 2.30. The Balaban J connectivity index is 4.95. The summed E-state index contributed by atoms with van der Waals surface area (Å²) in [6, 6.07) is 0.242. The number of hydrogen-bond donors (Lipinski definition) is 1. The molecule has 2 N–H and O–H groups in total. The summed E-state index contributed by atoms with van der Waals surface area (Å²) >= 11 is 0. The molecule has 0 aliphatic carbocycles. The Morgan fingerprint density at radius 2 is 1.55 bits per heavy atom. The molecule has 0 bridgehead atoms. The summed E-state index contributed by atoms with van der Waals surface area (Å²) in [6.45, 7) is 18.0. The molecule has 0 saturated heterocycles. The van der Waals surface area contributed by atoms with Crippen molar-refractivity contribution < 1.29 is 0 Å². The number of hydrogen-bond acceptors (Lipinski definition) is 1. The quantitative estimate of drug-likeness (QED) is 0.577. The van der Waals surface area contributed by atoms with Crippen LogP contribution in [-0.2, 0) is 0 Å². The van der Waals surface area contributed by atoms with Gasteiger partial charge in [0.05, 0.1) is 0 Å². The third-order valence-corrected chi connectivity index (χ3v) is 5.25. The minimum atomic E-state index is 0.242. The Morgan fingerprint density at radius 3 is 1.95 bits per heavy atom. The highest BCUT2D eigenvalue weighted by atomic mass is 14.7. The van der Waals surface area contributed by atoms with Gasteiger partial charge in [0.25, 0.3) is 0 Å². The maximum Gasteiger partial charge on any atom is 0.0136 e. The normalized spacial score (nSPS) is 21.2. The lowest BCUT2D eigenvalue weighted by Crippen LogP contribution is -2.39. The van der Waals surface area contributed by atoms with Crippen LogP contribution < -0.4 is 5.73 Å². The molecule has 1 nitrogen and oxygen atoms in total. The molecule has 5 atom stereocenters. The van der Waals surface area contributed by atoms with Crippen molar-refractivity contribution in [1.82, 2.24) is 0 Å². The number of allylic oxidation sites excluding steroid dienone is 3. The second kappa shape index (κ2) is 9.39. The molecule has 1 heteroatoms. The zero-order chi connectivity index (χ0) is 15.9. The fraction of sp³-hybridized carbons (Fsp3) is 0.789. The molecule has 0 aliphatic rings. The Morgan fingerprint density at radius 1 is 1.00 bits per heavy atom. The van der Waals surface area contributed by atoms with Crippen molar-refractivity contribution in [3.05, 3.63) is 23.3 Å². The van der Waals surface area contributed by atoms with Gasteiger partial charge in [0, 0.05) is 6.04 Å².